The maximum absolute atomic E-state index is 12.9. The molecule has 1 aliphatic heterocycles. The summed E-state index contributed by atoms with van der Waals surface area (Å²) in [6, 6.07) is 16.4. The van der Waals surface area contributed by atoms with E-state index in [0.717, 1.165) is 24.2 Å². The van der Waals surface area contributed by atoms with Gasteiger partial charge >= 0.3 is 0 Å². The van der Waals surface area contributed by atoms with Crippen LogP contribution >= 0.6 is 0 Å². The fourth-order valence-electron chi connectivity index (χ4n) is 3.73. The van der Waals surface area contributed by atoms with Gasteiger partial charge in [0.2, 0.25) is 10.0 Å². The molecule has 1 aliphatic carbocycles. The number of nitrogens with one attached hydrogen (secondary N) is 1. The summed E-state index contributed by atoms with van der Waals surface area (Å²) >= 11 is 0. The third kappa shape index (κ3) is 3.92. The van der Waals surface area contributed by atoms with Gasteiger partial charge in [-0.2, -0.15) is 9.57 Å². The number of anilines is 2. The highest BCUT2D eigenvalue weighted by atomic mass is 32.2. The summed E-state index contributed by atoms with van der Waals surface area (Å²) in [5.41, 5.74) is 1.93. The van der Waals surface area contributed by atoms with Crippen molar-refractivity contribution in [2.45, 2.75) is 23.8 Å². The fourth-order valence-corrected chi connectivity index (χ4v) is 5.18. The van der Waals surface area contributed by atoms with Crippen molar-refractivity contribution in [3.63, 3.8) is 0 Å². The van der Waals surface area contributed by atoms with Crippen LogP contribution in [0.5, 0.6) is 0 Å². The van der Waals surface area contributed by atoms with Crippen LogP contribution < -0.4 is 10.2 Å². The zero-order valence-corrected chi connectivity index (χ0v) is 17.7. The first kappa shape index (κ1) is 19.7. The number of hydrogen-bond acceptors (Lipinski definition) is 7. The number of hydrogen-bond donors (Lipinski definition) is 1. The summed E-state index contributed by atoms with van der Waals surface area (Å²) in [6.07, 6.45) is 2.21. The molecule has 0 spiro atoms. The van der Waals surface area contributed by atoms with Gasteiger partial charge in [-0.05, 0) is 43.2 Å². The van der Waals surface area contributed by atoms with Gasteiger partial charge in [-0.25, -0.2) is 18.4 Å². The SMILES string of the molecule is N#Cc1ccc2nc(NC3CC3)c(N3CCN(S(=O)(=O)c4ccccc4)CC3)nc2c1. The smallest absolute Gasteiger partial charge is 0.243 e. The average Bonchev–Trinajstić information content (AvgIpc) is 3.63. The molecule has 2 aliphatic rings. The molecule has 0 atom stereocenters. The monoisotopic (exact) mass is 434 g/mol. The van der Waals surface area contributed by atoms with Crippen LogP contribution in [0, 0.1) is 11.3 Å². The van der Waals surface area contributed by atoms with Crippen LogP contribution in [0.3, 0.4) is 0 Å². The predicted molar refractivity (Wildman–Crippen MR) is 118 cm³/mol. The van der Waals surface area contributed by atoms with Gasteiger partial charge in [-0.1, -0.05) is 18.2 Å². The third-order valence-electron chi connectivity index (χ3n) is 5.61. The molecule has 1 aromatic heterocycles. The molecular formula is C22H22N6O2S. The molecule has 2 aromatic carbocycles. The Labute approximate surface area is 181 Å². The second-order valence-corrected chi connectivity index (χ2v) is 9.77. The Morgan fingerprint density at radius 3 is 2.39 bits per heavy atom. The minimum atomic E-state index is -3.51. The lowest BCUT2D eigenvalue weighted by Gasteiger charge is -2.35. The van der Waals surface area contributed by atoms with Gasteiger partial charge in [0.15, 0.2) is 11.6 Å². The van der Waals surface area contributed by atoms with E-state index < -0.39 is 10.0 Å². The number of nitrogens with zero attached hydrogens (tertiary/aromatic N) is 5. The molecule has 0 bridgehead atoms. The molecule has 8 nitrogen and oxygen atoms in total. The first-order chi connectivity index (χ1) is 15.0. The number of sulfonamides is 1. The van der Waals surface area contributed by atoms with E-state index >= 15 is 0 Å². The van der Waals surface area contributed by atoms with Gasteiger partial charge < -0.3 is 10.2 Å². The maximum atomic E-state index is 12.9. The highest BCUT2D eigenvalue weighted by Crippen LogP contribution is 2.32. The van der Waals surface area contributed by atoms with Crippen LogP contribution in [-0.2, 0) is 10.0 Å². The summed E-state index contributed by atoms with van der Waals surface area (Å²) < 4.78 is 27.4. The van der Waals surface area contributed by atoms with Crippen LogP contribution in [0.25, 0.3) is 11.0 Å². The van der Waals surface area contributed by atoms with E-state index in [4.69, 9.17) is 9.97 Å². The Balaban J connectivity index is 1.42. The number of rotatable bonds is 5. The summed E-state index contributed by atoms with van der Waals surface area (Å²) in [6.45, 7) is 1.78. The van der Waals surface area contributed by atoms with Crippen molar-refractivity contribution in [2.24, 2.45) is 0 Å². The summed E-state index contributed by atoms with van der Waals surface area (Å²) in [7, 11) is -3.51. The molecule has 5 rings (SSSR count). The Bertz CT molecular complexity index is 1260. The Morgan fingerprint density at radius 1 is 0.968 bits per heavy atom. The van der Waals surface area contributed by atoms with Gasteiger partial charge in [0.25, 0.3) is 0 Å². The van der Waals surface area contributed by atoms with E-state index in [2.05, 4.69) is 16.3 Å². The number of aromatic nitrogens is 2. The first-order valence-corrected chi connectivity index (χ1v) is 11.8. The van der Waals surface area contributed by atoms with Crippen molar-refractivity contribution in [1.82, 2.24) is 14.3 Å². The molecular weight excluding hydrogens is 412 g/mol. The van der Waals surface area contributed by atoms with Crippen LogP contribution in [0.15, 0.2) is 53.4 Å². The Morgan fingerprint density at radius 2 is 1.71 bits per heavy atom. The average molecular weight is 435 g/mol. The third-order valence-corrected chi connectivity index (χ3v) is 7.53. The summed E-state index contributed by atoms with van der Waals surface area (Å²) in [4.78, 5) is 12.0. The van der Waals surface area contributed by atoms with Crippen molar-refractivity contribution in [2.75, 3.05) is 36.4 Å². The van der Waals surface area contributed by atoms with E-state index in [0.29, 0.717) is 54.0 Å². The van der Waals surface area contributed by atoms with Gasteiger partial charge in [0.05, 0.1) is 27.6 Å². The topological polar surface area (TPSA) is 102 Å². The van der Waals surface area contributed by atoms with Crippen molar-refractivity contribution in [3.05, 3.63) is 54.1 Å². The van der Waals surface area contributed by atoms with Gasteiger partial charge in [0, 0.05) is 32.2 Å². The quantitative estimate of drug-likeness (QED) is 0.658. The van der Waals surface area contributed by atoms with Crippen molar-refractivity contribution >= 4 is 32.7 Å². The molecule has 2 fully saturated rings. The molecule has 158 valence electrons. The van der Waals surface area contributed by atoms with E-state index in [1.807, 2.05) is 12.1 Å². The molecule has 2 heterocycles. The molecule has 0 amide bonds. The number of nitriles is 1. The maximum Gasteiger partial charge on any atom is 0.243 e. The summed E-state index contributed by atoms with van der Waals surface area (Å²) in [5.74, 6) is 1.44. The van der Waals surface area contributed by atoms with Crippen molar-refractivity contribution in [3.8, 4) is 6.07 Å². The zero-order valence-electron chi connectivity index (χ0n) is 16.9. The second-order valence-electron chi connectivity index (χ2n) is 7.83. The highest BCUT2D eigenvalue weighted by molar-refractivity contribution is 7.89. The second kappa shape index (κ2) is 7.80. The van der Waals surface area contributed by atoms with E-state index in [1.165, 1.54) is 4.31 Å². The van der Waals surface area contributed by atoms with E-state index in [9.17, 15) is 13.7 Å². The molecule has 0 unspecified atom stereocenters. The van der Waals surface area contributed by atoms with E-state index in [-0.39, 0.29) is 0 Å². The van der Waals surface area contributed by atoms with Crippen molar-refractivity contribution < 1.29 is 8.42 Å². The molecule has 0 radical (unpaired) electrons. The minimum absolute atomic E-state index is 0.314. The predicted octanol–water partition coefficient (Wildman–Crippen LogP) is 2.59. The van der Waals surface area contributed by atoms with Gasteiger partial charge in [-0.3, -0.25) is 0 Å². The highest BCUT2D eigenvalue weighted by Gasteiger charge is 2.31. The van der Waals surface area contributed by atoms with Crippen LogP contribution in [-0.4, -0.2) is 54.9 Å². The lowest BCUT2D eigenvalue weighted by molar-refractivity contribution is 0.384. The van der Waals surface area contributed by atoms with Gasteiger partial charge in [-0.15, -0.1) is 0 Å². The lowest BCUT2D eigenvalue weighted by atomic mass is 10.2. The largest absolute Gasteiger partial charge is 0.364 e. The minimum Gasteiger partial charge on any atom is -0.364 e. The fraction of sp³-hybridized carbons (Fsp3) is 0.318. The normalized spacial score (nSPS) is 17.5. The van der Waals surface area contributed by atoms with Crippen LogP contribution in [0.1, 0.15) is 18.4 Å². The number of benzene rings is 2. The standard InChI is InChI=1S/C22H22N6O2S/c23-15-16-6-9-19-20(14-16)26-22(21(25-19)24-17-7-8-17)27-10-12-28(13-11-27)31(29,30)18-4-2-1-3-5-18/h1-6,9,14,17H,7-8,10-13H2,(H,24,25). The lowest BCUT2D eigenvalue weighted by Crippen LogP contribution is -2.49. The molecule has 31 heavy (non-hydrogen) atoms. The van der Waals surface area contributed by atoms with Gasteiger partial charge in [0.1, 0.15) is 0 Å². The molecule has 1 saturated carbocycles. The van der Waals surface area contributed by atoms with Crippen molar-refractivity contribution in [1.29, 1.82) is 5.26 Å². The Hall–Kier alpha value is -3.22. The molecule has 9 heteroatoms. The number of fused-ring (bicyclic) bond motifs is 1. The molecule has 1 N–H and O–H groups in total. The molecule has 3 aromatic rings. The van der Waals surface area contributed by atoms with Crippen LogP contribution in [0.4, 0.5) is 11.6 Å². The van der Waals surface area contributed by atoms with E-state index in [1.54, 1.807) is 36.4 Å². The Kier molecular flexibility index (Phi) is 4.96. The zero-order chi connectivity index (χ0) is 21.4. The first-order valence-electron chi connectivity index (χ1n) is 10.3. The summed E-state index contributed by atoms with van der Waals surface area (Å²) in [5, 5.41) is 12.7. The molecule has 1 saturated heterocycles. The van der Waals surface area contributed by atoms with Crippen LogP contribution in [0.2, 0.25) is 0 Å². The number of piperazine rings is 1.